The molecule has 0 rings (SSSR count). The standard InChI is InChI=1S/4C4H9.8CH3.O4Si.4Sn/c4*1-3-4-2;;;;;;;;;1-5(2,3)4;;;;/h4*1,3-4H2,2H3;8*1H3;;;;;/q;;;;;;;;;;;;-4;4*+1. The van der Waals surface area contributed by atoms with Crippen molar-refractivity contribution >= 4 is 84.2 Å². The van der Waals surface area contributed by atoms with Crippen molar-refractivity contribution < 1.29 is 11.1 Å². The molecule has 0 unspecified atom stereocenters. The second kappa shape index (κ2) is 17.0. The zero-order chi connectivity index (χ0) is 25.8. The zero-order valence-electron chi connectivity index (χ0n) is 24.6. The van der Waals surface area contributed by atoms with Gasteiger partial charge in [-0.05, 0) is 0 Å². The van der Waals surface area contributed by atoms with Crippen LogP contribution in [0.1, 0.15) is 79.1 Å². The fraction of sp³-hybridized carbons (Fsp3) is 1.00. The third-order valence-electron chi connectivity index (χ3n) is 6.13. The van der Waals surface area contributed by atoms with Gasteiger partial charge < -0.3 is 0 Å². The predicted octanol–water partition coefficient (Wildman–Crippen LogP) is 9.51. The van der Waals surface area contributed by atoms with Gasteiger partial charge in [-0.25, -0.2) is 0 Å². The van der Waals surface area contributed by atoms with Crippen molar-refractivity contribution in [1.82, 2.24) is 0 Å². The zero-order valence-corrected chi connectivity index (χ0v) is 37.0. The molecule has 0 aliphatic rings. The quantitative estimate of drug-likeness (QED) is 0.114. The normalized spacial score (nSPS) is 14.2. The van der Waals surface area contributed by atoms with Gasteiger partial charge in [-0.1, -0.05) is 0 Å². The maximum absolute atomic E-state index is 7.31. The van der Waals surface area contributed by atoms with E-state index in [1.54, 1.807) is 0 Å². The van der Waals surface area contributed by atoms with Gasteiger partial charge in [0, 0.05) is 0 Å². The molecule has 0 saturated carbocycles. The number of hydrogen-bond acceptors (Lipinski definition) is 4. The topological polar surface area (TPSA) is 36.9 Å². The van der Waals surface area contributed by atoms with Crippen LogP contribution >= 0.6 is 0 Å². The molecule has 0 amide bonds. The van der Waals surface area contributed by atoms with E-state index in [1.165, 1.54) is 69.1 Å². The second-order valence-electron chi connectivity index (χ2n) is 12.4. The molecule has 0 fully saturated rings. The molecule has 0 aliphatic carbocycles. The summed E-state index contributed by atoms with van der Waals surface area (Å²) < 4.78 is 34.2. The Morgan fingerprint density at radius 1 is 0.394 bits per heavy atom. The van der Waals surface area contributed by atoms with Gasteiger partial charge in [0.05, 0.1) is 0 Å². The molecular weight excluding hydrogens is 855 g/mol. The average molecular weight is 916 g/mol. The Morgan fingerprint density at radius 2 is 0.576 bits per heavy atom. The molecule has 0 saturated heterocycles. The van der Waals surface area contributed by atoms with E-state index in [0.717, 1.165) is 0 Å². The SMILES string of the molecule is CCC[CH2][Sn]([CH3])([CH3])[O][Si]([O][Sn]([CH3])([CH3])[CH2]CCC)([O][Sn]([CH3])([CH3])[CH2]CCC)[O][Sn]([CH3])([CH3])[CH2]CCC. The summed E-state index contributed by atoms with van der Waals surface area (Å²) in [4.78, 5) is 19.6. The molecule has 33 heavy (non-hydrogen) atoms. The molecule has 9 heteroatoms. The molecule has 0 spiro atoms. The molecule has 0 aromatic heterocycles. The summed E-state index contributed by atoms with van der Waals surface area (Å²) in [7, 11) is -3.16. The Hall–Kier alpha value is 3.25. The second-order valence-corrected chi connectivity index (χ2v) is 67.1. The Bertz CT molecular complexity index is 437. The molecule has 0 heterocycles. The summed E-state index contributed by atoms with van der Waals surface area (Å²) in [5.74, 6) is 0. The van der Waals surface area contributed by atoms with Gasteiger partial charge in [0.2, 0.25) is 0 Å². The van der Waals surface area contributed by atoms with Crippen molar-refractivity contribution in [2.45, 2.75) is 136 Å². The van der Waals surface area contributed by atoms with Gasteiger partial charge in [-0.3, -0.25) is 0 Å². The van der Waals surface area contributed by atoms with Gasteiger partial charge in [0.25, 0.3) is 0 Å². The Morgan fingerprint density at radius 3 is 0.727 bits per heavy atom. The summed E-state index contributed by atoms with van der Waals surface area (Å²) in [5.41, 5.74) is 0. The first-order valence-corrected chi connectivity index (χ1v) is 51.1. The Labute approximate surface area is 228 Å². The molecule has 0 atom stereocenters. The molecule has 200 valence electrons. The molecular formula is C24H60O4SiSn4. The van der Waals surface area contributed by atoms with Crippen molar-refractivity contribution in [1.29, 1.82) is 0 Å². The van der Waals surface area contributed by atoms with Gasteiger partial charge >= 0.3 is 232 Å². The third kappa shape index (κ3) is 17.5. The first-order chi connectivity index (χ1) is 15.1. The van der Waals surface area contributed by atoms with E-state index in [1.807, 2.05) is 0 Å². The summed E-state index contributed by atoms with van der Waals surface area (Å²) >= 11 is -11.3. The van der Waals surface area contributed by atoms with Crippen LogP contribution in [-0.2, 0) is 11.1 Å². The summed E-state index contributed by atoms with van der Waals surface area (Å²) in [6.45, 7) is 9.15. The van der Waals surface area contributed by atoms with E-state index >= 15 is 0 Å². The Kier molecular flexibility index (Phi) is 18.7. The van der Waals surface area contributed by atoms with Crippen LogP contribution in [0.15, 0.2) is 0 Å². The van der Waals surface area contributed by atoms with Crippen LogP contribution in [0.2, 0.25) is 57.3 Å². The van der Waals surface area contributed by atoms with Crippen LogP contribution in [0.4, 0.5) is 0 Å². The summed E-state index contributed by atoms with van der Waals surface area (Å²) in [5, 5.41) is 0. The minimum atomic E-state index is -3.16. The van der Waals surface area contributed by atoms with E-state index in [9.17, 15) is 0 Å². The van der Waals surface area contributed by atoms with Crippen LogP contribution in [0.25, 0.3) is 0 Å². The number of hydrogen-bond donors (Lipinski definition) is 0. The minimum absolute atomic E-state index is 1.23. The third-order valence-corrected chi connectivity index (χ3v) is 54.6. The number of unbranched alkanes of at least 4 members (excludes halogenated alkanes) is 4. The van der Waals surface area contributed by atoms with Crippen molar-refractivity contribution in [3.63, 3.8) is 0 Å². The molecule has 0 aliphatic heterocycles. The monoisotopic (exact) mass is 920 g/mol. The van der Waals surface area contributed by atoms with Crippen molar-refractivity contribution in [3.8, 4) is 0 Å². The van der Waals surface area contributed by atoms with E-state index < -0.39 is 84.2 Å². The fourth-order valence-corrected chi connectivity index (χ4v) is 64.4. The first kappa shape index (κ1) is 36.3. The molecule has 0 aromatic carbocycles. The van der Waals surface area contributed by atoms with Crippen LogP contribution in [0, 0.1) is 0 Å². The number of rotatable bonds is 20. The van der Waals surface area contributed by atoms with Crippen molar-refractivity contribution in [2.24, 2.45) is 0 Å². The van der Waals surface area contributed by atoms with Crippen LogP contribution in [0.3, 0.4) is 0 Å². The van der Waals surface area contributed by atoms with Gasteiger partial charge in [0.15, 0.2) is 0 Å². The van der Waals surface area contributed by atoms with Crippen molar-refractivity contribution in [3.05, 3.63) is 0 Å². The first-order valence-electron chi connectivity index (χ1n) is 13.9. The van der Waals surface area contributed by atoms with E-state index in [-0.39, 0.29) is 0 Å². The van der Waals surface area contributed by atoms with Gasteiger partial charge in [-0.15, -0.1) is 0 Å². The fourth-order valence-electron chi connectivity index (χ4n) is 4.09. The van der Waals surface area contributed by atoms with E-state index in [0.29, 0.717) is 0 Å². The molecule has 0 bridgehead atoms. The van der Waals surface area contributed by atoms with E-state index in [2.05, 4.69) is 67.2 Å². The van der Waals surface area contributed by atoms with Crippen LogP contribution in [-0.4, -0.2) is 84.2 Å². The van der Waals surface area contributed by atoms with Crippen LogP contribution in [0.5, 0.6) is 0 Å². The Balaban J connectivity index is 6.34. The van der Waals surface area contributed by atoms with Gasteiger partial charge in [0.1, 0.15) is 0 Å². The average Bonchev–Trinajstić information content (AvgIpc) is 2.66. The predicted molar refractivity (Wildman–Crippen MR) is 159 cm³/mol. The molecule has 0 aromatic rings. The molecule has 0 radical (unpaired) electrons. The molecule has 4 nitrogen and oxygen atoms in total. The molecule has 0 N–H and O–H groups in total. The van der Waals surface area contributed by atoms with E-state index in [4.69, 9.17) is 11.1 Å². The summed E-state index contributed by atoms with van der Waals surface area (Å²) in [6.07, 6.45) is 9.91. The summed E-state index contributed by atoms with van der Waals surface area (Å²) in [6, 6.07) is 0. The maximum atomic E-state index is 7.31. The van der Waals surface area contributed by atoms with Gasteiger partial charge in [-0.2, -0.15) is 0 Å². The van der Waals surface area contributed by atoms with Crippen molar-refractivity contribution in [2.75, 3.05) is 0 Å². The van der Waals surface area contributed by atoms with Crippen LogP contribution < -0.4 is 0 Å².